The largest absolute Gasteiger partial charge is 0.365 e. The molecule has 3 nitrogen and oxygen atoms in total. The predicted octanol–water partition coefficient (Wildman–Crippen LogP) is 3.32. The number of nitrogens with zero attached hydrogens (tertiary/aromatic N) is 2. The van der Waals surface area contributed by atoms with Gasteiger partial charge < -0.3 is 15.1 Å². The SMILES string of the molecule is Cc1ccc(N2CCN(C(=S)NC3CCCC3)CC2C)cc1. The Balaban J connectivity index is 1.57. The zero-order valence-electron chi connectivity index (χ0n) is 13.7. The quantitative estimate of drug-likeness (QED) is 0.843. The highest BCUT2D eigenvalue weighted by molar-refractivity contribution is 7.80. The van der Waals surface area contributed by atoms with Gasteiger partial charge in [0.1, 0.15) is 0 Å². The number of thiocarbonyl (C=S) groups is 1. The van der Waals surface area contributed by atoms with E-state index < -0.39 is 0 Å². The van der Waals surface area contributed by atoms with Crippen LogP contribution < -0.4 is 10.2 Å². The number of benzene rings is 1. The van der Waals surface area contributed by atoms with Gasteiger partial charge in [0.05, 0.1) is 0 Å². The van der Waals surface area contributed by atoms with Crippen molar-refractivity contribution < 1.29 is 0 Å². The molecule has 22 heavy (non-hydrogen) atoms. The van der Waals surface area contributed by atoms with E-state index in [1.807, 2.05) is 0 Å². The van der Waals surface area contributed by atoms with Crippen LogP contribution in [-0.2, 0) is 0 Å². The molecule has 2 fully saturated rings. The molecule has 1 aliphatic carbocycles. The van der Waals surface area contributed by atoms with E-state index in [-0.39, 0.29) is 0 Å². The van der Waals surface area contributed by atoms with Crippen molar-refractivity contribution in [2.45, 2.75) is 51.6 Å². The van der Waals surface area contributed by atoms with Crippen LogP contribution in [-0.4, -0.2) is 41.7 Å². The molecule has 0 bridgehead atoms. The molecular weight excluding hydrogens is 290 g/mol. The summed E-state index contributed by atoms with van der Waals surface area (Å²) in [6.07, 6.45) is 5.24. The third-order valence-corrected chi connectivity index (χ3v) is 5.34. The molecule has 1 unspecified atom stereocenters. The first kappa shape index (κ1) is 15.6. The van der Waals surface area contributed by atoms with Crippen LogP contribution in [0.5, 0.6) is 0 Å². The van der Waals surface area contributed by atoms with Crippen LogP contribution in [0.2, 0.25) is 0 Å². The van der Waals surface area contributed by atoms with Crippen LogP contribution >= 0.6 is 12.2 Å². The molecule has 1 heterocycles. The Kier molecular flexibility index (Phi) is 4.87. The predicted molar refractivity (Wildman–Crippen MR) is 97.5 cm³/mol. The van der Waals surface area contributed by atoms with Crippen LogP contribution in [0, 0.1) is 6.92 Å². The molecule has 1 atom stereocenters. The molecule has 0 amide bonds. The second kappa shape index (κ2) is 6.86. The molecular formula is C18H27N3S. The van der Waals surface area contributed by atoms with Crippen molar-refractivity contribution in [3.8, 4) is 0 Å². The molecule has 4 heteroatoms. The van der Waals surface area contributed by atoms with Gasteiger partial charge in [-0.25, -0.2) is 0 Å². The highest BCUT2D eigenvalue weighted by atomic mass is 32.1. The lowest BCUT2D eigenvalue weighted by Crippen LogP contribution is -2.56. The van der Waals surface area contributed by atoms with E-state index >= 15 is 0 Å². The van der Waals surface area contributed by atoms with E-state index in [4.69, 9.17) is 12.2 Å². The molecule has 2 aliphatic rings. The van der Waals surface area contributed by atoms with Gasteiger partial charge in [0, 0.05) is 37.4 Å². The van der Waals surface area contributed by atoms with Crippen molar-refractivity contribution >= 4 is 23.0 Å². The van der Waals surface area contributed by atoms with Crippen molar-refractivity contribution in [1.29, 1.82) is 0 Å². The fraction of sp³-hybridized carbons (Fsp3) is 0.611. The zero-order chi connectivity index (χ0) is 15.5. The fourth-order valence-corrected chi connectivity index (χ4v) is 3.93. The minimum Gasteiger partial charge on any atom is -0.365 e. The fourth-order valence-electron chi connectivity index (χ4n) is 3.60. The number of anilines is 1. The van der Waals surface area contributed by atoms with Gasteiger partial charge >= 0.3 is 0 Å². The monoisotopic (exact) mass is 317 g/mol. The summed E-state index contributed by atoms with van der Waals surface area (Å²) >= 11 is 5.63. The number of hydrogen-bond acceptors (Lipinski definition) is 2. The summed E-state index contributed by atoms with van der Waals surface area (Å²) in [6.45, 7) is 7.49. The Morgan fingerprint density at radius 1 is 1.14 bits per heavy atom. The van der Waals surface area contributed by atoms with Crippen LogP contribution in [0.3, 0.4) is 0 Å². The summed E-state index contributed by atoms with van der Waals surface area (Å²) in [7, 11) is 0. The number of aryl methyl sites for hydroxylation is 1. The molecule has 3 rings (SSSR count). The van der Waals surface area contributed by atoms with E-state index in [0.717, 1.165) is 24.7 Å². The molecule has 1 saturated heterocycles. The molecule has 120 valence electrons. The maximum absolute atomic E-state index is 5.63. The average Bonchev–Trinajstić information content (AvgIpc) is 3.01. The normalized spacial score (nSPS) is 22.9. The first-order valence-electron chi connectivity index (χ1n) is 8.52. The Hall–Kier alpha value is -1.29. The second-order valence-corrected chi connectivity index (χ2v) is 7.14. The lowest BCUT2D eigenvalue weighted by atomic mass is 10.1. The number of rotatable bonds is 2. The van der Waals surface area contributed by atoms with E-state index in [2.05, 4.69) is 53.2 Å². The van der Waals surface area contributed by atoms with Crippen LogP contribution in [0.1, 0.15) is 38.2 Å². The van der Waals surface area contributed by atoms with Gasteiger partial charge in [0.2, 0.25) is 0 Å². The van der Waals surface area contributed by atoms with Crippen molar-refractivity contribution in [3.05, 3.63) is 29.8 Å². The summed E-state index contributed by atoms with van der Waals surface area (Å²) in [5.41, 5.74) is 2.64. The Labute approximate surface area is 139 Å². The van der Waals surface area contributed by atoms with Gasteiger partial charge in [0.15, 0.2) is 5.11 Å². The van der Waals surface area contributed by atoms with Crippen molar-refractivity contribution in [2.75, 3.05) is 24.5 Å². The molecule has 1 aromatic rings. The Morgan fingerprint density at radius 3 is 2.45 bits per heavy atom. The molecule has 1 aliphatic heterocycles. The number of nitrogens with one attached hydrogen (secondary N) is 1. The van der Waals surface area contributed by atoms with Crippen molar-refractivity contribution in [2.24, 2.45) is 0 Å². The number of hydrogen-bond donors (Lipinski definition) is 1. The molecule has 0 spiro atoms. The van der Waals surface area contributed by atoms with E-state index in [1.54, 1.807) is 0 Å². The van der Waals surface area contributed by atoms with Crippen molar-refractivity contribution in [1.82, 2.24) is 10.2 Å². The van der Waals surface area contributed by atoms with Crippen LogP contribution in [0.15, 0.2) is 24.3 Å². The van der Waals surface area contributed by atoms with E-state index in [0.29, 0.717) is 12.1 Å². The molecule has 1 saturated carbocycles. The Bertz CT molecular complexity index is 508. The Morgan fingerprint density at radius 2 is 1.82 bits per heavy atom. The van der Waals surface area contributed by atoms with Gasteiger partial charge in [0.25, 0.3) is 0 Å². The molecule has 1 aromatic carbocycles. The summed E-state index contributed by atoms with van der Waals surface area (Å²) in [4.78, 5) is 4.84. The highest BCUT2D eigenvalue weighted by Crippen LogP contribution is 2.22. The van der Waals surface area contributed by atoms with E-state index in [1.165, 1.54) is 36.9 Å². The third-order valence-electron chi connectivity index (χ3n) is 4.96. The summed E-state index contributed by atoms with van der Waals surface area (Å²) < 4.78 is 0. The van der Waals surface area contributed by atoms with E-state index in [9.17, 15) is 0 Å². The third kappa shape index (κ3) is 3.54. The van der Waals surface area contributed by atoms with Gasteiger partial charge in [-0.3, -0.25) is 0 Å². The standard InChI is InChI=1S/C18H27N3S/c1-14-7-9-17(10-8-14)21-12-11-20(13-15(21)2)18(22)19-16-5-3-4-6-16/h7-10,15-16H,3-6,11-13H2,1-2H3,(H,19,22). The summed E-state index contributed by atoms with van der Waals surface area (Å²) in [5, 5.41) is 4.53. The maximum Gasteiger partial charge on any atom is 0.169 e. The molecule has 1 N–H and O–H groups in total. The average molecular weight is 318 g/mol. The minimum atomic E-state index is 0.486. The topological polar surface area (TPSA) is 18.5 Å². The summed E-state index contributed by atoms with van der Waals surface area (Å²) in [6, 6.07) is 9.95. The first-order valence-corrected chi connectivity index (χ1v) is 8.93. The van der Waals surface area contributed by atoms with Gasteiger partial charge in [-0.05, 0) is 51.0 Å². The van der Waals surface area contributed by atoms with Gasteiger partial charge in [-0.2, -0.15) is 0 Å². The second-order valence-electron chi connectivity index (χ2n) is 6.75. The lowest BCUT2D eigenvalue weighted by Gasteiger charge is -2.42. The number of piperazine rings is 1. The summed E-state index contributed by atoms with van der Waals surface area (Å²) in [5.74, 6) is 0. The molecule has 0 radical (unpaired) electrons. The smallest absolute Gasteiger partial charge is 0.169 e. The maximum atomic E-state index is 5.63. The molecule has 0 aromatic heterocycles. The zero-order valence-corrected chi connectivity index (χ0v) is 14.5. The minimum absolute atomic E-state index is 0.486. The van der Waals surface area contributed by atoms with Gasteiger partial charge in [-0.15, -0.1) is 0 Å². The van der Waals surface area contributed by atoms with Gasteiger partial charge in [-0.1, -0.05) is 30.5 Å². The van der Waals surface area contributed by atoms with Crippen LogP contribution in [0.4, 0.5) is 5.69 Å². The van der Waals surface area contributed by atoms with Crippen molar-refractivity contribution in [3.63, 3.8) is 0 Å². The highest BCUT2D eigenvalue weighted by Gasteiger charge is 2.26. The van der Waals surface area contributed by atoms with Crippen LogP contribution in [0.25, 0.3) is 0 Å². The first-order chi connectivity index (χ1) is 10.6. The lowest BCUT2D eigenvalue weighted by molar-refractivity contribution is 0.330.